The third kappa shape index (κ3) is 3.44. The molecule has 21 heavy (non-hydrogen) atoms. The lowest BCUT2D eigenvalue weighted by molar-refractivity contribution is -0.385. The predicted octanol–water partition coefficient (Wildman–Crippen LogP) is 1.97. The van der Waals surface area contributed by atoms with Crippen molar-refractivity contribution >= 4 is 17.8 Å². The molecular weight excluding hydrogens is 278 g/mol. The number of nitro groups is 1. The van der Waals surface area contributed by atoms with Gasteiger partial charge in [0.05, 0.1) is 11.1 Å². The number of phenolic OH excluding ortho intramolecular Hbond substituents is 1. The molecule has 8 nitrogen and oxygen atoms in total. The number of nitrogens with one attached hydrogen (secondary N) is 1. The highest BCUT2D eigenvalue weighted by Gasteiger charge is 2.13. The van der Waals surface area contributed by atoms with Crippen LogP contribution in [0.4, 0.5) is 5.69 Å². The quantitative estimate of drug-likeness (QED) is 0.506. The molecule has 0 radical (unpaired) electrons. The van der Waals surface area contributed by atoms with Crippen molar-refractivity contribution in [3.63, 3.8) is 0 Å². The van der Waals surface area contributed by atoms with Crippen LogP contribution in [0.15, 0.2) is 39.9 Å². The molecule has 8 heteroatoms. The van der Waals surface area contributed by atoms with Crippen molar-refractivity contribution in [3.8, 4) is 5.75 Å². The van der Waals surface area contributed by atoms with Crippen molar-refractivity contribution in [1.82, 2.24) is 5.43 Å². The molecule has 2 N–H and O–H groups in total. The van der Waals surface area contributed by atoms with E-state index in [1.165, 1.54) is 24.4 Å². The molecular formula is C13H11N3O5. The van der Waals surface area contributed by atoms with E-state index in [9.17, 15) is 20.0 Å². The first-order valence-corrected chi connectivity index (χ1v) is 5.84. The number of hydrogen-bond donors (Lipinski definition) is 2. The van der Waals surface area contributed by atoms with Gasteiger partial charge in [-0.15, -0.1) is 0 Å². The van der Waals surface area contributed by atoms with Crippen LogP contribution in [-0.4, -0.2) is 22.2 Å². The number of hydrazone groups is 1. The number of nitrogens with zero attached hydrogens (tertiary/aromatic N) is 2. The summed E-state index contributed by atoms with van der Waals surface area (Å²) in [5.41, 5.74) is 2.15. The van der Waals surface area contributed by atoms with Crippen molar-refractivity contribution < 1.29 is 19.2 Å². The Morgan fingerprint density at radius 2 is 2.19 bits per heavy atom. The highest BCUT2D eigenvalue weighted by atomic mass is 16.6. The maximum atomic E-state index is 11.6. The van der Waals surface area contributed by atoms with E-state index in [4.69, 9.17) is 4.42 Å². The van der Waals surface area contributed by atoms with Crippen LogP contribution in [0.3, 0.4) is 0 Å². The van der Waals surface area contributed by atoms with Crippen LogP contribution in [0.1, 0.15) is 21.9 Å². The molecule has 2 rings (SSSR count). The first-order valence-electron chi connectivity index (χ1n) is 5.84. The summed E-state index contributed by atoms with van der Waals surface area (Å²) in [6.45, 7) is 1.70. The molecule has 2 aromatic rings. The Kier molecular flexibility index (Phi) is 3.98. The minimum Gasteiger partial charge on any atom is -0.502 e. The number of carbonyl (C=O) groups is 1. The largest absolute Gasteiger partial charge is 0.502 e. The second-order valence-corrected chi connectivity index (χ2v) is 4.11. The van der Waals surface area contributed by atoms with Crippen LogP contribution in [-0.2, 0) is 0 Å². The first kappa shape index (κ1) is 14.3. The van der Waals surface area contributed by atoms with Gasteiger partial charge < -0.3 is 9.52 Å². The number of aryl methyl sites for hydroxylation is 1. The molecule has 108 valence electrons. The Balaban J connectivity index is 2.06. The second kappa shape index (κ2) is 5.87. The van der Waals surface area contributed by atoms with Gasteiger partial charge in [-0.3, -0.25) is 14.9 Å². The van der Waals surface area contributed by atoms with Gasteiger partial charge in [-0.25, -0.2) is 5.43 Å². The molecule has 0 atom stereocenters. The standard InChI is InChI=1S/C13H11N3O5/c1-8-2-5-12(21-8)13(18)15-14-7-9-3-4-11(17)10(6-9)16(19)20/h2-7,17H,1H3,(H,15,18)/b14-7+. The SMILES string of the molecule is Cc1ccc(C(=O)N/N=C/c2ccc(O)c([N+](=O)[O-])c2)o1. The molecule has 1 heterocycles. The molecule has 0 fully saturated rings. The van der Waals surface area contributed by atoms with E-state index in [1.807, 2.05) is 0 Å². The summed E-state index contributed by atoms with van der Waals surface area (Å²) in [6, 6.07) is 6.89. The normalized spacial score (nSPS) is 10.7. The van der Waals surface area contributed by atoms with Gasteiger partial charge in [-0.05, 0) is 31.2 Å². The lowest BCUT2D eigenvalue weighted by Crippen LogP contribution is -2.16. The van der Waals surface area contributed by atoms with Gasteiger partial charge >= 0.3 is 11.6 Å². The van der Waals surface area contributed by atoms with Crippen LogP contribution in [0.5, 0.6) is 5.75 Å². The third-order valence-corrected chi connectivity index (χ3v) is 2.54. The lowest BCUT2D eigenvalue weighted by Gasteiger charge is -1.98. The summed E-state index contributed by atoms with van der Waals surface area (Å²) in [4.78, 5) is 21.6. The van der Waals surface area contributed by atoms with Gasteiger partial charge in [0.25, 0.3) is 0 Å². The second-order valence-electron chi connectivity index (χ2n) is 4.11. The van der Waals surface area contributed by atoms with E-state index in [0.29, 0.717) is 11.3 Å². The summed E-state index contributed by atoms with van der Waals surface area (Å²) in [5, 5.41) is 23.6. The van der Waals surface area contributed by atoms with E-state index in [0.717, 1.165) is 6.07 Å². The zero-order valence-corrected chi connectivity index (χ0v) is 10.9. The van der Waals surface area contributed by atoms with Crippen LogP contribution in [0, 0.1) is 17.0 Å². The van der Waals surface area contributed by atoms with Crippen molar-refractivity contribution in [1.29, 1.82) is 0 Å². The number of carbonyl (C=O) groups excluding carboxylic acids is 1. The van der Waals surface area contributed by atoms with Gasteiger partial charge in [0.15, 0.2) is 11.5 Å². The van der Waals surface area contributed by atoms with Crippen molar-refractivity contribution in [3.05, 3.63) is 57.5 Å². The Morgan fingerprint density at radius 3 is 2.81 bits per heavy atom. The zero-order valence-electron chi connectivity index (χ0n) is 10.9. The minimum absolute atomic E-state index is 0.112. The van der Waals surface area contributed by atoms with Crippen molar-refractivity contribution in [2.45, 2.75) is 6.92 Å². The highest BCUT2D eigenvalue weighted by Crippen LogP contribution is 2.25. The Morgan fingerprint density at radius 1 is 1.43 bits per heavy atom. The van der Waals surface area contributed by atoms with Crippen molar-refractivity contribution in [2.75, 3.05) is 0 Å². The molecule has 0 aliphatic carbocycles. The number of amides is 1. The predicted molar refractivity (Wildman–Crippen MR) is 73.3 cm³/mol. The van der Waals surface area contributed by atoms with E-state index in [2.05, 4.69) is 10.5 Å². The van der Waals surface area contributed by atoms with Gasteiger partial charge in [0, 0.05) is 11.6 Å². The molecule has 0 aliphatic heterocycles. The first-order chi connectivity index (χ1) is 9.97. The van der Waals surface area contributed by atoms with E-state index in [1.54, 1.807) is 13.0 Å². The molecule has 1 aromatic carbocycles. The maximum absolute atomic E-state index is 11.6. The average Bonchev–Trinajstić information content (AvgIpc) is 2.87. The van der Waals surface area contributed by atoms with Crippen LogP contribution < -0.4 is 5.43 Å². The number of furan rings is 1. The summed E-state index contributed by atoms with van der Waals surface area (Å²) in [5.74, 6) is -0.264. The highest BCUT2D eigenvalue weighted by molar-refractivity contribution is 5.92. The molecule has 0 spiro atoms. The molecule has 0 saturated carbocycles. The lowest BCUT2D eigenvalue weighted by atomic mass is 10.2. The number of nitro benzene ring substituents is 1. The Labute approximate surface area is 118 Å². The summed E-state index contributed by atoms with van der Waals surface area (Å²) < 4.78 is 5.11. The monoisotopic (exact) mass is 289 g/mol. The van der Waals surface area contributed by atoms with E-state index < -0.39 is 22.3 Å². The molecule has 0 bridgehead atoms. The fraction of sp³-hybridized carbons (Fsp3) is 0.0769. The van der Waals surface area contributed by atoms with E-state index in [-0.39, 0.29) is 5.76 Å². The van der Waals surface area contributed by atoms with Gasteiger partial charge in [-0.1, -0.05) is 0 Å². The Hall–Kier alpha value is -3.16. The van der Waals surface area contributed by atoms with Gasteiger partial charge in [0.2, 0.25) is 0 Å². The molecule has 1 aromatic heterocycles. The fourth-order valence-electron chi connectivity index (χ4n) is 1.54. The van der Waals surface area contributed by atoms with Crippen LogP contribution in [0.2, 0.25) is 0 Å². The van der Waals surface area contributed by atoms with E-state index >= 15 is 0 Å². The smallest absolute Gasteiger partial charge is 0.311 e. The molecule has 1 amide bonds. The third-order valence-electron chi connectivity index (χ3n) is 2.54. The molecule has 0 saturated heterocycles. The number of rotatable bonds is 4. The summed E-state index contributed by atoms with van der Waals surface area (Å²) in [7, 11) is 0. The molecule has 0 unspecified atom stereocenters. The number of phenols is 1. The van der Waals surface area contributed by atoms with Crippen LogP contribution in [0.25, 0.3) is 0 Å². The number of benzene rings is 1. The van der Waals surface area contributed by atoms with Gasteiger partial charge in [0.1, 0.15) is 5.76 Å². The topological polar surface area (TPSA) is 118 Å². The summed E-state index contributed by atoms with van der Waals surface area (Å²) in [6.07, 6.45) is 1.22. The molecule has 0 aliphatic rings. The minimum atomic E-state index is -0.711. The fourth-order valence-corrected chi connectivity index (χ4v) is 1.54. The van der Waals surface area contributed by atoms with Crippen LogP contribution >= 0.6 is 0 Å². The Bertz CT molecular complexity index is 720. The summed E-state index contributed by atoms with van der Waals surface area (Å²) >= 11 is 0. The zero-order chi connectivity index (χ0) is 15.4. The van der Waals surface area contributed by atoms with Crippen molar-refractivity contribution in [2.24, 2.45) is 5.10 Å². The average molecular weight is 289 g/mol. The van der Waals surface area contributed by atoms with Gasteiger partial charge in [-0.2, -0.15) is 5.10 Å². The maximum Gasteiger partial charge on any atom is 0.311 e. The number of hydrogen-bond acceptors (Lipinski definition) is 6. The number of aromatic hydroxyl groups is 1.